The van der Waals surface area contributed by atoms with Gasteiger partial charge in [0.25, 0.3) is 11.8 Å². The van der Waals surface area contributed by atoms with Crippen molar-refractivity contribution in [2.24, 2.45) is 5.16 Å². The van der Waals surface area contributed by atoms with Crippen molar-refractivity contribution in [2.45, 2.75) is 46.3 Å². The zero-order valence-electron chi connectivity index (χ0n) is 16.0. The van der Waals surface area contributed by atoms with E-state index in [0.29, 0.717) is 5.06 Å². The minimum absolute atomic E-state index is 0.148. The van der Waals surface area contributed by atoms with Crippen molar-refractivity contribution >= 4 is 44.4 Å². The summed E-state index contributed by atoms with van der Waals surface area (Å²) in [5.41, 5.74) is 4.37. The van der Waals surface area contributed by atoms with Crippen LogP contribution in [0.25, 0.3) is 0 Å². The van der Waals surface area contributed by atoms with E-state index in [2.05, 4.69) is 19.7 Å². The number of aromatic nitrogens is 1. The van der Waals surface area contributed by atoms with E-state index < -0.39 is 34.3 Å². The lowest BCUT2D eigenvalue weighted by Gasteiger charge is -2.32. The highest BCUT2D eigenvalue weighted by Gasteiger charge is 2.32. The normalized spacial score (nSPS) is 12.8. The van der Waals surface area contributed by atoms with Gasteiger partial charge in [0.2, 0.25) is 0 Å². The number of nitrogen functional groups attached to an aromatic ring is 1. The van der Waals surface area contributed by atoms with E-state index >= 15 is 0 Å². The Balaban J connectivity index is 2.95. The van der Waals surface area contributed by atoms with Crippen LogP contribution in [0.1, 0.15) is 40.3 Å². The van der Waals surface area contributed by atoms with Crippen LogP contribution in [-0.2, 0) is 29.1 Å². The molecule has 0 saturated carbocycles. The van der Waals surface area contributed by atoms with Crippen LogP contribution in [0.2, 0.25) is 0 Å². The van der Waals surface area contributed by atoms with E-state index in [1.807, 2.05) is 0 Å². The lowest BCUT2D eigenvalue weighted by atomic mass is 10.1. The molecule has 0 unspecified atom stereocenters. The Morgan fingerprint density at radius 2 is 2.04 bits per heavy atom. The third-order valence-corrected chi connectivity index (χ3v) is 3.75. The minimum atomic E-state index is -4.94. The highest BCUT2D eigenvalue weighted by atomic mass is 32.3. The average molecular weight is 438 g/mol. The number of carbonyl (C=O) groups is 2. The molecule has 28 heavy (non-hydrogen) atoms. The molecular formula is C14H23N5O7S2. The summed E-state index contributed by atoms with van der Waals surface area (Å²) in [6, 6.07) is 0. The van der Waals surface area contributed by atoms with Crippen LogP contribution < -0.4 is 11.1 Å². The molecule has 12 nitrogen and oxygen atoms in total. The van der Waals surface area contributed by atoms with Crippen molar-refractivity contribution in [1.82, 2.24) is 15.4 Å². The molecule has 0 spiro atoms. The molecule has 0 aliphatic carbocycles. The minimum Gasteiger partial charge on any atom is -0.392 e. The molecule has 0 fully saturated rings. The second-order valence-corrected chi connectivity index (χ2v) is 8.60. The second-order valence-electron chi connectivity index (χ2n) is 6.71. The van der Waals surface area contributed by atoms with Gasteiger partial charge in [-0.25, -0.2) is 4.98 Å². The number of anilines is 1. The number of carbonyl (C=O) groups excluding carboxylic acids is 2. The Hall–Kier alpha value is -2.29. The fraction of sp³-hybridized carbons (Fsp3) is 0.571. The second kappa shape index (κ2) is 9.27. The third-order valence-electron chi connectivity index (χ3n) is 2.74. The molecule has 0 bridgehead atoms. The lowest BCUT2D eigenvalue weighted by molar-refractivity contribution is -0.174. The molecule has 1 aromatic rings. The van der Waals surface area contributed by atoms with Crippen molar-refractivity contribution in [3.63, 3.8) is 0 Å². The summed E-state index contributed by atoms with van der Waals surface area (Å²) in [7, 11) is -4.94. The third kappa shape index (κ3) is 7.75. The zero-order chi connectivity index (χ0) is 21.7. The monoisotopic (exact) mass is 437 g/mol. The van der Waals surface area contributed by atoms with Crippen LogP contribution >= 0.6 is 11.3 Å². The largest absolute Gasteiger partial charge is 0.418 e. The molecule has 0 aromatic carbocycles. The number of hydrogen-bond donors (Lipinski definition) is 3. The summed E-state index contributed by atoms with van der Waals surface area (Å²) in [5.74, 6) is -1.74. The maximum absolute atomic E-state index is 12.5. The van der Waals surface area contributed by atoms with Crippen molar-refractivity contribution < 1.29 is 31.7 Å². The number of nitrogens with one attached hydrogen (secondary N) is 1. The average Bonchev–Trinajstić information content (AvgIpc) is 2.94. The number of rotatable bonds is 8. The molecule has 158 valence electrons. The summed E-state index contributed by atoms with van der Waals surface area (Å²) in [4.78, 5) is 33.8. The molecule has 0 aliphatic heterocycles. The van der Waals surface area contributed by atoms with Gasteiger partial charge in [0, 0.05) is 5.38 Å². The number of hydrogen-bond acceptors (Lipinski definition) is 10. The highest BCUT2D eigenvalue weighted by Crippen LogP contribution is 2.16. The summed E-state index contributed by atoms with van der Waals surface area (Å²) < 4.78 is 35.1. The van der Waals surface area contributed by atoms with Gasteiger partial charge in [-0.05, 0) is 34.6 Å². The molecule has 0 radical (unpaired) electrons. The van der Waals surface area contributed by atoms with Crippen LogP contribution in [-0.4, -0.2) is 58.7 Å². The number of nitrogens with zero attached hydrogens (tertiary/aromatic N) is 3. The van der Waals surface area contributed by atoms with Crippen molar-refractivity contribution in [3.8, 4) is 0 Å². The Bertz CT molecular complexity index is 843. The van der Waals surface area contributed by atoms with Crippen LogP contribution in [0.3, 0.4) is 0 Å². The van der Waals surface area contributed by atoms with Crippen molar-refractivity contribution in [1.29, 1.82) is 0 Å². The summed E-state index contributed by atoms with van der Waals surface area (Å²) in [5, 5.41) is 8.15. The fourth-order valence-corrected chi connectivity index (χ4v) is 2.73. The van der Waals surface area contributed by atoms with Crippen LogP contribution in [0, 0.1) is 0 Å². The molecule has 1 aromatic heterocycles. The van der Waals surface area contributed by atoms with E-state index in [0.717, 1.165) is 11.3 Å². The first-order chi connectivity index (χ1) is 12.7. The quantitative estimate of drug-likeness (QED) is 0.294. The van der Waals surface area contributed by atoms with Gasteiger partial charge < -0.3 is 15.9 Å². The van der Waals surface area contributed by atoms with E-state index in [4.69, 9.17) is 15.1 Å². The van der Waals surface area contributed by atoms with Gasteiger partial charge in [0.1, 0.15) is 11.8 Å². The summed E-state index contributed by atoms with van der Waals surface area (Å²) in [6.07, 6.45) is -0.319. The summed E-state index contributed by atoms with van der Waals surface area (Å²) in [6.45, 7) is 7.17. The molecule has 0 saturated heterocycles. The molecule has 0 atom stereocenters. The maximum Gasteiger partial charge on any atom is 0.418 e. The maximum atomic E-state index is 12.5. The van der Waals surface area contributed by atoms with Gasteiger partial charge >= 0.3 is 10.4 Å². The first kappa shape index (κ1) is 23.7. The number of hydroxylamine groups is 2. The SMILES string of the molecule is CC(C)O/N=C(\C(=O)NCC(=O)N(OS(=O)(=O)O)C(C)(C)C)c1csc(N)n1. The van der Waals surface area contributed by atoms with E-state index in [9.17, 15) is 18.0 Å². The Morgan fingerprint density at radius 1 is 1.43 bits per heavy atom. The standard InChI is InChI=1S/C14H23N5O7S2/c1-8(2)25-18-11(9-7-27-13(15)17-9)12(21)16-6-10(20)19(14(3,4)5)26-28(22,23)24/h7-8H,6H2,1-5H3,(H2,15,17)(H,16,21)(H,22,23,24)/b18-11-. The Kier molecular flexibility index (Phi) is 7.86. The van der Waals surface area contributed by atoms with E-state index in [1.165, 1.54) is 26.2 Å². The fourth-order valence-electron chi connectivity index (χ4n) is 1.69. The summed E-state index contributed by atoms with van der Waals surface area (Å²) >= 11 is 1.08. The predicted octanol–water partition coefficient (Wildman–Crippen LogP) is 0.332. The molecule has 4 N–H and O–H groups in total. The number of thiazole rings is 1. The number of nitrogens with two attached hydrogens (primary N) is 1. The van der Waals surface area contributed by atoms with Gasteiger partial charge in [-0.1, -0.05) is 5.16 Å². The van der Waals surface area contributed by atoms with Gasteiger partial charge in [-0.2, -0.15) is 13.5 Å². The molecule has 0 aliphatic rings. The van der Waals surface area contributed by atoms with E-state index in [1.54, 1.807) is 13.8 Å². The molecule has 1 rings (SSSR count). The lowest BCUT2D eigenvalue weighted by Crippen LogP contribution is -2.51. The van der Waals surface area contributed by atoms with Crippen molar-refractivity contribution in [2.75, 3.05) is 12.3 Å². The van der Waals surface area contributed by atoms with Gasteiger partial charge in [-0.3, -0.25) is 14.1 Å². The van der Waals surface area contributed by atoms with Gasteiger partial charge in [-0.15, -0.1) is 15.6 Å². The van der Waals surface area contributed by atoms with Crippen LogP contribution in [0.4, 0.5) is 5.13 Å². The first-order valence-electron chi connectivity index (χ1n) is 7.94. The molecule has 2 amide bonds. The first-order valence-corrected chi connectivity index (χ1v) is 10.2. The topological polar surface area (TPSA) is 174 Å². The molecular weight excluding hydrogens is 414 g/mol. The van der Waals surface area contributed by atoms with E-state index in [-0.39, 0.29) is 22.6 Å². The zero-order valence-corrected chi connectivity index (χ0v) is 17.6. The van der Waals surface area contributed by atoms with Gasteiger partial charge in [0.15, 0.2) is 10.8 Å². The van der Waals surface area contributed by atoms with Gasteiger partial charge in [0.05, 0.1) is 12.1 Å². The Labute approximate surface area is 166 Å². The number of oxime groups is 1. The Morgan fingerprint density at radius 3 is 2.46 bits per heavy atom. The highest BCUT2D eigenvalue weighted by molar-refractivity contribution is 7.80. The molecule has 14 heteroatoms. The van der Waals surface area contributed by atoms with Crippen molar-refractivity contribution in [3.05, 3.63) is 11.1 Å². The number of amides is 2. The van der Waals surface area contributed by atoms with Crippen LogP contribution in [0.5, 0.6) is 0 Å². The predicted molar refractivity (Wildman–Crippen MR) is 102 cm³/mol. The smallest absolute Gasteiger partial charge is 0.392 e. The molecule has 1 heterocycles. The van der Waals surface area contributed by atoms with Crippen LogP contribution in [0.15, 0.2) is 10.5 Å².